The number of carbonyl (C=O) groups is 2. The summed E-state index contributed by atoms with van der Waals surface area (Å²) in [5, 5.41) is 4.14. The number of hydrogen-bond donors (Lipinski definition) is 0. The van der Waals surface area contributed by atoms with E-state index in [4.69, 9.17) is 4.74 Å². The second-order valence-electron chi connectivity index (χ2n) is 5.33. The van der Waals surface area contributed by atoms with Crippen molar-refractivity contribution in [2.24, 2.45) is 5.92 Å². The SMILES string of the molecule is CCOC(=O)CCN(CC1CC1)C(=O)c1cnn(CC)c1. The zero-order valence-electron chi connectivity index (χ0n) is 12.7. The lowest BCUT2D eigenvalue weighted by molar-refractivity contribution is -0.143. The van der Waals surface area contributed by atoms with Gasteiger partial charge in [0.05, 0.1) is 24.8 Å². The van der Waals surface area contributed by atoms with Crippen molar-refractivity contribution in [2.45, 2.75) is 39.7 Å². The molecule has 1 aromatic heterocycles. The molecule has 1 amide bonds. The summed E-state index contributed by atoms with van der Waals surface area (Å²) in [4.78, 5) is 25.8. The van der Waals surface area contributed by atoms with E-state index in [9.17, 15) is 9.59 Å². The lowest BCUT2D eigenvalue weighted by Gasteiger charge is -2.21. The number of rotatable bonds is 8. The molecule has 0 radical (unpaired) electrons. The molecule has 1 heterocycles. The minimum Gasteiger partial charge on any atom is -0.466 e. The molecule has 1 aliphatic carbocycles. The van der Waals surface area contributed by atoms with Crippen molar-refractivity contribution in [3.05, 3.63) is 18.0 Å². The van der Waals surface area contributed by atoms with Crippen LogP contribution >= 0.6 is 0 Å². The van der Waals surface area contributed by atoms with E-state index in [1.54, 1.807) is 28.9 Å². The highest BCUT2D eigenvalue weighted by atomic mass is 16.5. The smallest absolute Gasteiger partial charge is 0.307 e. The molecule has 1 saturated carbocycles. The van der Waals surface area contributed by atoms with Crippen LogP contribution in [-0.2, 0) is 16.1 Å². The molecular weight excluding hydrogens is 270 g/mol. The van der Waals surface area contributed by atoms with E-state index in [0.717, 1.165) is 25.9 Å². The Morgan fingerprint density at radius 2 is 2.19 bits per heavy atom. The minimum atomic E-state index is -0.254. The van der Waals surface area contributed by atoms with E-state index in [0.29, 0.717) is 24.6 Å². The van der Waals surface area contributed by atoms with Gasteiger partial charge in [-0.1, -0.05) is 0 Å². The molecule has 0 spiro atoms. The number of ether oxygens (including phenoxy) is 1. The first-order chi connectivity index (χ1) is 10.1. The third kappa shape index (κ3) is 4.58. The Bertz CT molecular complexity index is 494. The summed E-state index contributed by atoms with van der Waals surface area (Å²) < 4.78 is 6.66. The number of aryl methyl sites for hydroxylation is 1. The molecule has 1 fully saturated rings. The van der Waals surface area contributed by atoms with Gasteiger partial charge in [-0.2, -0.15) is 5.10 Å². The molecule has 6 heteroatoms. The van der Waals surface area contributed by atoms with Crippen molar-refractivity contribution in [1.29, 1.82) is 0 Å². The Morgan fingerprint density at radius 1 is 1.43 bits per heavy atom. The van der Waals surface area contributed by atoms with Crippen LogP contribution < -0.4 is 0 Å². The monoisotopic (exact) mass is 293 g/mol. The Balaban J connectivity index is 1.96. The molecule has 0 atom stereocenters. The maximum atomic E-state index is 12.5. The van der Waals surface area contributed by atoms with Gasteiger partial charge >= 0.3 is 5.97 Å². The van der Waals surface area contributed by atoms with Gasteiger partial charge in [0, 0.05) is 25.8 Å². The second-order valence-corrected chi connectivity index (χ2v) is 5.33. The largest absolute Gasteiger partial charge is 0.466 e. The summed E-state index contributed by atoms with van der Waals surface area (Å²) in [7, 11) is 0. The second kappa shape index (κ2) is 7.24. The Morgan fingerprint density at radius 3 is 2.76 bits per heavy atom. The molecule has 0 unspecified atom stereocenters. The van der Waals surface area contributed by atoms with Crippen LogP contribution in [0.2, 0.25) is 0 Å². The maximum Gasteiger partial charge on any atom is 0.307 e. The van der Waals surface area contributed by atoms with E-state index in [-0.39, 0.29) is 18.3 Å². The fraction of sp³-hybridized carbons (Fsp3) is 0.667. The van der Waals surface area contributed by atoms with Crippen LogP contribution in [0.15, 0.2) is 12.4 Å². The van der Waals surface area contributed by atoms with Gasteiger partial charge in [-0.3, -0.25) is 14.3 Å². The van der Waals surface area contributed by atoms with E-state index in [1.807, 2.05) is 6.92 Å². The van der Waals surface area contributed by atoms with Gasteiger partial charge in [0.2, 0.25) is 0 Å². The molecule has 116 valence electrons. The lowest BCUT2D eigenvalue weighted by atomic mass is 10.2. The normalized spacial score (nSPS) is 14.0. The number of carbonyl (C=O) groups excluding carboxylic acids is 2. The average Bonchev–Trinajstić information content (AvgIpc) is 3.16. The van der Waals surface area contributed by atoms with Gasteiger partial charge < -0.3 is 9.64 Å². The number of esters is 1. The molecule has 21 heavy (non-hydrogen) atoms. The van der Waals surface area contributed by atoms with Gasteiger partial charge in [-0.05, 0) is 32.6 Å². The van der Waals surface area contributed by atoms with Crippen LogP contribution in [0, 0.1) is 5.92 Å². The van der Waals surface area contributed by atoms with Crippen molar-refractivity contribution in [1.82, 2.24) is 14.7 Å². The summed E-state index contributed by atoms with van der Waals surface area (Å²) in [6.45, 7) is 5.99. The molecular formula is C15H23N3O3. The summed E-state index contributed by atoms with van der Waals surface area (Å²) >= 11 is 0. The molecule has 1 aliphatic rings. The molecule has 0 N–H and O–H groups in total. The van der Waals surface area contributed by atoms with Crippen LogP contribution in [0.5, 0.6) is 0 Å². The van der Waals surface area contributed by atoms with Gasteiger partial charge in [-0.15, -0.1) is 0 Å². The van der Waals surface area contributed by atoms with Crippen molar-refractivity contribution in [3.8, 4) is 0 Å². The van der Waals surface area contributed by atoms with Crippen LogP contribution in [0.1, 0.15) is 43.5 Å². The Kier molecular flexibility index (Phi) is 5.36. The van der Waals surface area contributed by atoms with Gasteiger partial charge in [0.15, 0.2) is 0 Å². The highest BCUT2D eigenvalue weighted by Crippen LogP contribution is 2.30. The molecule has 1 aromatic rings. The molecule has 0 aromatic carbocycles. The highest BCUT2D eigenvalue weighted by molar-refractivity contribution is 5.94. The molecule has 6 nitrogen and oxygen atoms in total. The van der Waals surface area contributed by atoms with E-state index in [2.05, 4.69) is 5.10 Å². The quantitative estimate of drug-likeness (QED) is 0.684. The van der Waals surface area contributed by atoms with Gasteiger partial charge in [0.1, 0.15) is 0 Å². The van der Waals surface area contributed by atoms with Crippen molar-refractivity contribution < 1.29 is 14.3 Å². The Labute approximate surface area is 125 Å². The third-order valence-corrected chi connectivity index (χ3v) is 3.56. The summed E-state index contributed by atoms with van der Waals surface area (Å²) in [6.07, 6.45) is 5.92. The zero-order chi connectivity index (χ0) is 15.2. The molecule has 0 bridgehead atoms. The number of aromatic nitrogens is 2. The first-order valence-electron chi connectivity index (χ1n) is 7.61. The highest BCUT2D eigenvalue weighted by Gasteiger charge is 2.28. The van der Waals surface area contributed by atoms with Crippen molar-refractivity contribution >= 4 is 11.9 Å². The molecule has 0 aliphatic heterocycles. The fourth-order valence-electron chi connectivity index (χ4n) is 2.18. The van der Waals surface area contributed by atoms with Crippen LogP contribution in [-0.4, -0.2) is 46.3 Å². The van der Waals surface area contributed by atoms with Crippen molar-refractivity contribution in [3.63, 3.8) is 0 Å². The van der Waals surface area contributed by atoms with Crippen LogP contribution in [0.25, 0.3) is 0 Å². The van der Waals surface area contributed by atoms with Crippen LogP contribution in [0.4, 0.5) is 0 Å². The van der Waals surface area contributed by atoms with E-state index < -0.39 is 0 Å². The van der Waals surface area contributed by atoms with E-state index >= 15 is 0 Å². The first kappa shape index (κ1) is 15.5. The zero-order valence-corrected chi connectivity index (χ0v) is 12.7. The Hall–Kier alpha value is -1.85. The number of hydrogen-bond acceptors (Lipinski definition) is 4. The first-order valence-corrected chi connectivity index (χ1v) is 7.61. The van der Waals surface area contributed by atoms with Gasteiger partial charge in [-0.25, -0.2) is 0 Å². The van der Waals surface area contributed by atoms with Crippen LogP contribution in [0.3, 0.4) is 0 Å². The lowest BCUT2D eigenvalue weighted by Crippen LogP contribution is -2.34. The number of nitrogens with zero attached hydrogens (tertiary/aromatic N) is 3. The third-order valence-electron chi connectivity index (χ3n) is 3.56. The molecule has 0 saturated heterocycles. The van der Waals surface area contributed by atoms with Gasteiger partial charge in [0.25, 0.3) is 5.91 Å². The fourth-order valence-corrected chi connectivity index (χ4v) is 2.18. The maximum absolute atomic E-state index is 12.5. The topological polar surface area (TPSA) is 64.4 Å². The minimum absolute atomic E-state index is 0.0501. The van der Waals surface area contributed by atoms with E-state index in [1.165, 1.54) is 0 Å². The summed E-state index contributed by atoms with van der Waals surface area (Å²) in [6, 6.07) is 0. The predicted molar refractivity (Wildman–Crippen MR) is 77.8 cm³/mol. The van der Waals surface area contributed by atoms with Crippen molar-refractivity contribution in [2.75, 3.05) is 19.7 Å². The predicted octanol–water partition coefficient (Wildman–Crippen LogP) is 1.71. The summed E-state index contributed by atoms with van der Waals surface area (Å²) in [5.74, 6) is 0.276. The summed E-state index contributed by atoms with van der Waals surface area (Å²) in [5.41, 5.74) is 0.585. The average molecular weight is 293 g/mol. The standard InChI is InChI=1S/C15H23N3O3/c1-3-18-11-13(9-16-18)15(20)17(10-12-5-6-12)8-7-14(19)21-4-2/h9,11-12H,3-8,10H2,1-2H3. The number of amides is 1. The molecule has 2 rings (SSSR count).